The zero-order valence-corrected chi connectivity index (χ0v) is 18.2. The van der Waals surface area contributed by atoms with E-state index >= 15 is 0 Å². The molecule has 6 nitrogen and oxygen atoms in total. The third kappa shape index (κ3) is 3.15. The van der Waals surface area contributed by atoms with Gasteiger partial charge in [0.05, 0.1) is 24.5 Å². The largest absolute Gasteiger partial charge is 0.497 e. The van der Waals surface area contributed by atoms with Crippen LogP contribution in [0.15, 0.2) is 72.8 Å². The van der Waals surface area contributed by atoms with Gasteiger partial charge in [-0.25, -0.2) is 9.96 Å². The second-order valence-electron chi connectivity index (χ2n) is 8.22. The fourth-order valence-electron chi connectivity index (χ4n) is 4.50. The average molecular weight is 428 g/mol. The number of hydrogen-bond acceptors (Lipinski definition) is 5. The van der Waals surface area contributed by atoms with Gasteiger partial charge in [-0.2, -0.15) is 0 Å². The van der Waals surface area contributed by atoms with Crippen LogP contribution in [0.5, 0.6) is 5.75 Å². The van der Waals surface area contributed by atoms with E-state index in [-0.39, 0.29) is 11.8 Å². The molecule has 3 aromatic carbocycles. The predicted octanol–water partition coefficient (Wildman–Crippen LogP) is 4.36. The number of rotatable bonds is 4. The van der Waals surface area contributed by atoms with Gasteiger partial charge in [-0.1, -0.05) is 36.4 Å². The Bertz CT molecular complexity index is 1190. The number of para-hydroxylation sites is 1. The molecule has 32 heavy (non-hydrogen) atoms. The lowest BCUT2D eigenvalue weighted by Crippen LogP contribution is -2.37. The van der Waals surface area contributed by atoms with Crippen LogP contribution < -0.4 is 14.7 Å². The molecule has 2 fully saturated rings. The summed E-state index contributed by atoms with van der Waals surface area (Å²) in [5.74, 6) is -0.581. The molecule has 3 atom stereocenters. The highest BCUT2D eigenvalue weighted by atomic mass is 16.7. The molecule has 3 aromatic rings. The van der Waals surface area contributed by atoms with Gasteiger partial charge in [0.1, 0.15) is 11.7 Å². The lowest BCUT2D eigenvalue weighted by molar-refractivity contribution is -0.126. The molecule has 2 aliphatic heterocycles. The van der Waals surface area contributed by atoms with Crippen molar-refractivity contribution in [3.05, 3.63) is 89.5 Å². The Morgan fingerprint density at radius 3 is 2.31 bits per heavy atom. The number of benzene rings is 3. The first-order valence-electron chi connectivity index (χ1n) is 10.6. The van der Waals surface area contributed by atoms with Crippen molar-refractivity contribution in [3.63, 3.8) is 0 Å². The molecular weight excluding hydrogens is 404 g/mol. The first-order chi connectivity index (χ1) is 15.5. The topological polar surface area (TPSA) is 59.1 Å². The number of amides is 2. The van der Waals surface area contributed by atoms with Gasteiger partial charge in [-0.15, -0.1) is 0 Å². The SMILES string of the molecule is COc1cccc([C@H]2[C@H]3C(=O)N(c4ccc(C)c(C)c4)C(=O)[C@@H]3ON2c2ccccc2)c1. The molecule has 2 amide bonds. The second-order valence-corrected chi connectivity index (χ2v) is 8.22. The number of imide groups is 1. The molecule has 0 aromatic heterocycles. The fourth-order valence-corrected chi connectivity index (χ4v) is 4.50. The minimum Gasteiger partial charge on any atom is -0.497 e. The zero-order valence-electron chi connectivity index (χ0n) is 18.2. The lowest BCUT2D eigenvalue weighted by Gasteiger charge is -2.29. The molecule has 0 radical (unpaired) electrons. The Balaban J connectivity index is 1.59. The first kappa shape index (κ1) is 20.3. The van der Waals surface area contributed by atoms with Crippen LogP contribution in [0.25, 0.3) is 0 Å². The number of fused-ring (bicyclic) bond motifs is 1. The summed E-state index contributed by atoms with van der Waals surface area (Å²) in [4.78, 5) is 34.5. The summed E-state index contributed by atoms with van der Waals surface area (Å²) >= 11 is 0. The van der Waals surface area contributed by atoms with E-state index in [9.17, 15) is 9.59 Å². The Morgan fingerprint density at radius 1 is 0.812 bits per heavy atom. The van der Waals surface area contributed by atoms with Crippen molar-refractivity contribution in [2.45, 2.75) is 26.0 Å². The number of hydrogen-bond donors (Lipinski definition) is 0. The molecule has 0 spiro atoms. The third-order valence-corrected chi connectivity index (χ3v) is 6.31. The van der Waals surface area contributed by atoms with E-state index in [1.165, 1.54) is 4.90 Å². The highest BCUT2D eigenvalue weighted by molar-refractivity contribution is 6.24. The molecule has 0 N–H and O–H groups in total. The normalized spacial score (nSPS) is 22.4. The maximum Gasteiger partial charge on any atom is 0.266 e. The van der Waals surface area contributed by atoms with E-state index in [1.54, 1.807) is 12.2 Å². The summed E-state index contributed by atoms with van der Waals surface area (Å²) < 4.78 is 5.41. The van der Waals surface area contributed by atoms with Gasteiger partial charge in [0.15, 0.2) is 6.10 Å². The van der Waals surface area contributed by atoms with Crippen molar-refractivity contribution >= 4 is 23.2 Å². The van der Waals surface area contributed by atoms with E-state index in [0.717, 1.165) is 22.4 Å². The van der Waals surface area contributed by atoms with E-state index in [0.29, 0.717) is 11.4 Å². The molecule has 0 saturated carbocycles. The van der Waals surface area contributed by atoms with Gasteiger partial charge < -0.3 is 4.74 Å². The second kappa shape index (κ2) is 7.80. The van der Waals surface area contributed by atoms with Crippen LogP contribution in [-0.4, -0.2) is 25.0 Å². The highest BCUT2D eigenvalue weighted by Gasteiger charge is 2.60. The Hall–Kier alpha value is -3.64. The van der Waals surface area contributed by atoms with Gasteiger partial charge in [-0.05, 0) is 66.9 Å². The van der Waals surface area contributed by atoms with Crippen LogP contribution in [0.2, 0.25) is 0 Å². The summed E-state index contributed by atoms with van der Waals surface area (Å²) in [5, 5.41) is 1.69. The highest BCUT2D eigenvalue weighted by Crippen LogP contribution is 2.48. The number of anilines is 2. The molecule has 2 heterocycles. The summed E-state index contributed by atoms with van der Waals surface area (Å²) in [6.07, 6.45) is -0.888. The fraction of sp³-hybridized carbons (Fsp3) is 0.231. The van der Waals surface area contributed by atoms with Crippen molar-refractivity contribution in [2.24, 2.45) is 5.92 Å². The maximum absolute atomic E-state index is 13.7. The summed E-state index contributed by atoms with van der Waals surface area (Å²) in [7, 11) is 1.60. The summed E-state index contributed by atoms with van der Waals surface area (Å²) in [5.41, 5.74) is 4.35. The predicted molar refractivity (Wildman–Crippen MR) is 121 cm³/mol. The molecule has 0 bridgehead atoms. The first-order valence-corrected chi connectivity index (χ1v) is 10.6. The average Bonchev–Trinajstić information content (AvgIpc) is 3.32. The Kier molecular flexibility index (Phi) is 4.94. The molecule has 2 saturated heterocycles. The molecule has 0 unspecified atom stereocenters. The van der Waals surface area contributed by atoms with Crippen LogP contribution in [0.3, 0.4) is 0 Å². The van der Waals surface area contributed by atoms with Crippen molar-refractivity contribution in [1.82, 2.24) is 0 Å². The molecule has 162 valence electrons. The quantitative estimate of drug-likeness (QED) is 0.578. The number of ether oxygens (including phenoxy) is 1. The lowest BCUT2D eigenvalue weighted by atomic mass is 9.90. The standard InChI is InChI=1S/C26H24N2O4/c1-16-12-13-20(14-17(16)2)27-25(29)22-23(18-8-7-11-21(15-18)31-3)28(32-24(22)26(27)30)19-9-5-4-6-10-19/h4-15,22-24H,1-3H3/t22-,23+,24-/m1/s1. The van der Waals surface area contributed by atoms with E-state index in [4.69, 9.17) is 9.57 Å². The molecule has 0 aliphatic carbocycles. The maximum atomic E-state index is 13.7. The molecular formula is C26H24N2O4. The van der Waals surface area contributed by atoms with Crippen LogP contribution in [0, 0.1) is 19.8 Å². The minimum atomic E-state index is -0.888. The van der Waals surface area contributed by atoms with Crippen LogP contribution >= 0.6 is 0 Å². The smallest absolute Gasteiger partial charge is 0.266 e. The summed E-state index contributed by atoms with van der Waals surface area (Å²) in [6, 6.07) is 22.2. The number of hydroxylamine groups is 1. The number of carbonyl (C=O) groups excluding carboxylic acids is 2. The van der Waals surface area contributed by atoms with Crippen molar-refractivity contribution in [3.8, 4) is 5.75 Å². The van der Waals surface area contributed by atoms with Gasteiger partial charge >= 0.3 is 0 Å². The molecule has 6 heteroatoms. The van der Waals surface area contributed by atoms with Crippen molar-refractivity contribution < 1.29 is 19.2 Å². The molecule has 2 aliphatic rings. The van der Waals surface area contributed by atoms with Crippen LogP contribution in [0.1, 0.15) is 22.7 Å². The van der Waals surface area contributed by atoms with E-state index in [1.807, 2.05) is 86.6 Å². The number of carbonyl (C=O) groups is 2. The van der Waals surface area contributed by atoms with Gasteiger partial charge in [0, 0.05) is 0 Å². The van der Waals surface area contributed by atoms with Gasteiger partial charge in [0.2, 0.25) is 5.91 Å². The number of aryl methyl sites for hydroxylation is 2. The van der Waals surface area contributed by atoms with Gasteiger partial charge in [-0.3, -0.25) is 14.4 Å². The van der Waals surface area contributed by atoms with Gasteiger partial charge in [0.25, 0.3) is 5.91 Å². The van der Waals surface area contributed by atoms with Crippen molar-refractivity contribution in [2.75, 3.05) is 17.1 Å². The monoisotopic (exact) mass is 428 g/mol. The minimum absolute atomic E-state index is 0.255. The third-order valence-electron chi connectivity index (χ3n) is 6.31. The van der Waals surface area contributed by atoms with Crippen molar-refractivity contribution in [1.29, 1.82) is 0 Å². The number of nitrogens with zero attached hydrogens (tertiary/aromatic N) is 2. The number of methoxy groups -OCH3 is 1. The van der Waals surface area contributed by atoms with Crippen LogP contribution in [0.4, 0.5) is 11.4 Å². The summed E-state index contributed by atoms with van der Waals surface area (Å²) in [6.45, 7) is 3.97. The van der Waals surface area contributed by atoms with E-state index < -0.39 is 18.1 Å². The van der Waals surface area contributed by atoms with E-state index in [2.05, 4.69) is 0 Å². The zero-order chi connectivity index (χ0) is 22.4. The van der Waals surface area contributed by atoms with Crippen LogP contribution in [-0.2, 0) is 14.4 Å². The molecule has 5 rings (SSSR count). The Morgan fingerprint density at radius 2 is 1.59 bits per heavy atom. The Labute approximate surface area is 186 Å².